The highest BCUT2D eigenvalue weighted by Gasteiger charge is 2.16. The summed E-state index contributed by atoms with van der Waals surface area (Å²) in [5, 5.41) is 4.26. The number of fused-ring (bicyclic) bond motifs is 2. The van der Waals surface area contributed by atoms with Crippen LogP contribution >= 0.6 is 11.3 Å². The maximum atomic E-state index is 12.6. The van der Waals surface area contributed by atoms with E-state index in [0.29, 0.717) is 29.8 Å². The van der Waals surface area contributed by atoms with Crippen LogP contribution in [0.1, 0.15) is 6.42 Å². The van der Waals surface area contributed by atoms with Gasteiger partial charge < -0.3 is 15.0 Å². The number of para-hydroxylation sites is 1. The van der Waals surface area contributed by atoms with Gasteiger partial charge >= 0.3 is 5.69 Å². The number of nitrogens with one attached hydrogen (secondary N) is 2. The second-order valence-corrected chi connectivity index (χ2v) is 8.51. The summed E-state index contributed by atoms with van der Waals surface area (Å²) in [6.45, 7) is 3.20. The molecule has 1 fully saturated rings. The minimum atomic E-state index is -0.525. The summed E-state index contributed by atoms with van der Waals surface area (Å²) in [4.78, 5) is 46.0. The first-order valence-electron chi connectivity index (χ1n) is 10.3. The average Bonchev–Trinajstić information content (AvgIpc) is 3.23. The number of carbonyl (C=O) groups excluding carboxylic acids is 1. The van der Waals surface area contributed by atoms with Crippen LogP contribution in [0.2, 0.25) is 0 Å². The van der Waals surface area contributed by atoms with Gasteiger partial charge in [-0.15, -0.1) is 0 Å². The molecule has 0 saturated carbocycles. The lowest BCUT2D eigenvalue weighted by Crippen LogP contribution is -2.36. The molecule has 2 aromatic heterocycles. The number of aromatic nitrogens is 3. The number of nitrogens with zero attached hydrogens (tertiary/aromatic N) is 3. The van der Waals surface area contributed by atoms with E-state index in [4.69, 9.17) is 4.74 Å². The van der Waals surface area contributed by atoms with E-state index in [0.717, 1.165) is 28.4 Å². The quantitative estimate of drug-likeness (QED) is 0.481. The van der Waals surface area contributed by atoms with E-state index in [1.54, 1.807) is 35.6 Å². The summed E-state index contributed by atoms with van der Waals surface area (Å²) in [5.74, 6) is -0.218. The number of thiazole rings is 1. The van der Waals surface area contributed by atoms with Gasteiger partial charge in [0.2, 0.25) is 5.91 Å². The third kappa shape index (κ3) is 4.02. The Balaban J connectivity index is 1.30. The van der Waals surface area contributed by atoms with Gasteiger partial charge in [0.1, 0.15) is 0 Å². The Kier molecular flexibility index (Phi) is 5.46. The van der Waals surface area contributed by atoms with E-state index in [1.165, 1.54) is 4.57 Å². The molecule has 5 rings (SSSR count). The fourth-order valence-corrected chi connectivity index (χ4v) is 4.84. The lowest BCUT2D eigenvalue weighted by Gasteiger charge is -2.25. The maximum Gasteiger partial charge on any atom is 0.328 e. The first kappa shape index (κ1) is 20.4. The molecule has 3 heterocycles. The van der Waals surface area contributed by atoms with Crippen molar-refractivity contribution in [1.82, 2.24) is 14.5 Å². The molecular formula is C22H21N5O4S. The molecule has 9 nitrogen and oxygen atoms in total. The van der Waals surface area contributed by atoms with Crippen LogP contribution in [0.4, 0.5) is 10.8 Å². The zero-order valence-corrected chi connectivity index (χ0v) is 18.0. The van der Waals surface area contributed by atoms with E-state index < -0.39 is 11.2 Å². The van der Waals surface area contributed by atoms with E-state index in [9.17, 15) is 14.4 Å². The first-order chi connectivity index (χ1) is 15.6. The van der Waals surface area contributed by atoms with Crippen LogP contribution in [0.3, 0.4) is 0 Å². The Bertz CT molecular complexity index is 1420. The lowest BCUT2D eigenvalue weighted by atomic mass is 10.2. The molecule has 0 radical (unpaired) electrons. The van der Waals surface area contributed by atoms with Gasteiger partial charge in [0.25, 0.3) is 5.56 Å². The molecule has 4 aromatic rings. The van der Waals surface area contributed by atoms with Crippen LogP contribution in [0.25, 0.3) is 21.1 Å². The molecule has 1 amide bonds. The van der Waals surface area contributed by atoms with Crippen LogP contribution in [0.5, 0.6) is 0 Å². The highest BCUT2D eigenvalue weighted by molar-refractivity contribution is 7.22. The zero-order chi connectivity index (χ0) is 22.1. The van der Waals surface area contributed by atoms with E-state index in [1.807, 2.05) is 18.2 Å². The molecular weight excluding hydrogens is 430 g/mol. The number of hydrogen-bond acceptors (Lipinski definition) is 7. The first-order valence-corrected chi connectivity index (χ1v) is 11.2. The number of rotatable bonds is 5. The van der Waals surface area contributed by atoms with Gasteiger partial charge in [-0.1, -0.05) is 23.5 Å². The number of amides is 1. The standard InChI is InChI=1S/C22H21N5O4S/c28-19(7-8-27-17-4-2-1-3-15(17)20(29)25-21(27)30)23-14-5-6-16-18(13-14)32-22(24-16)26-9-11-31-12-10-26/h1-6,13H,7-12H2,(H,23,28)(H,25,29,30). The molecule has 0 aliphatic carbocycles. The van der Waals surface area contributed by atoms with Gasteiger partial charge in [-0.3, -0.25) is 19.1 Å². The number of benzene rings is 2. The number of H-pyrrole nitrogens is 1. The number of anilines is 2. The SMILES string of the molecule is O=C(CCn1c(=O)[nH]c(=O)c2ccccc21)Nc1ccc2nc(N3CCOCC3)sc2c1. The van der Waals surface area contributed by atoms with Gasteiger partial charge in [0.15, 0.2) is 5.13 Å². The molecule has 0 bridgehead atoms. The summed E-state index contributed by atoms with van der Waals surface area (Å²) in [6, 6.07) is 12.5. The van der Waals surface area contributed by atoms with Crippen LogP contribution in [0.15, 0.2) is 52.1 Å². The molecule has 164 valence electrons. The molecule has 2 N–H and O–H groups in total. The van der Waals surface area contributed by atoms with Gasteiger partial charge in [-0.05, 0) is 30.3 Å². The number of aryl methyl sites for hydroxylation is 1. The van der Waals surface area contributed by atoms with Crippen molar-refractivity contribution in [2.24, 2.45) is 0 Å². The third-order valence-corrected chi connectivity index (χ3v) is 6.49. The van der Waals surface area contributed by atoms with Crippen LogP contribution in [0, 0.1) is 0 Å². The Morgan fingerprint density at radius 3 is 2.81 bits per heavy atom. The maximum absolute atomic E-state index is 12.6. The number of morpholine rings is 1. The minimum absolute atomic E-state index is 0.0930. The summed E-state index contributed by atoms with van der Waals surface area (Å²) in [5.41, 5.74) is 1.12. The van der Waals surface area contributed by atoms with Gasteiger partial charge in [0.05, 0.1) is 34.3 Å². The smallest absolute Gasteiger partial charge is 0.328 e. The number of aromatic amines is 1. The van der Waals surface area contributed by atoms with Crippen LogP contribution in [-0.4, -0.2) is 46.7 Å². The fourth-order valence-electron chi connectivity index (χ4n) is 3.78. The van der Waals surface area contributed by atoms with Crippen molar-refractivity contribution in [2.75, 3.05) is 36.5 Å². The molecule has 0 spiro atoms. The summed E-state index contributed by atoms with van der Waals surface area (Å²) in [7, 11) is 0. The summed E-state index contributed by atoms with van der Waals surface area (Å²) in [6.07, 6.45) is 0.0930. The molecule has 10 heteroatoms. The highest BCUT2D eigenvalue weighted by Crippen LogP contribution is 2.31. The Labute approximate surface area is 186 Å². The summed E-state index contributed by atoms with van der Waals surface area (Å²) < 4.78 is 7.81. The second kappa shape index (κ2) is 8.56. The molecule has 32 heavy (non-hydrogen) atoms. The minimum Gasteiger partial charge on any atom is -0.378 e. The fraction of sp³-hybridized carbons (Fsp3) is 0.273. The van der Waals surface area contributed by atoms with E-state index in [2.05, 4.69) is 20.2 Å². The molecule has 2 aromatic carbocycles. The average molecular weight is 452 g/mol. The van der Waals surface area contributed by atoms with Gasteiger partial charge in [0, 0.05) is 31.7 Å². The van der Waals surface area contributed by atoms with Crippen molar-refractivity contribution in [3.8, 4) is 0 Å². The van der Waals surface area contributed by atoms with Crippen LogP contribution < -0.4 is 21.5 Å². The highest BCUT2D eigenvalue weighted by atomic mass is 32.1. The van der Waals surface area contributed by atoms with Crippen molar-refractivity contribution in [3.05, 3.63) is 63.3 Å². The number of hydrogen-bond donors (Lipinski definition) is 2. The molecule has 1 aliphatic heterocycles. The lowest BCUT2D eigenvalue weighted by molar-refractivity contribution is -0.116. The van der Waals surface area contributed by atoms with E-state index >= 15 is 0 Å². The van der Waals surface area contributed by atoms with E-state index in [-0.39, 0.29) is 18.9 Å². The predicted molar refractivity (Wildman–Crippen MR) is 125 cm³/mol. The monoisotopic (exact) mass is 451 g/mol. The Hall–Kier alpha value is -3.50. The molecule has 1 aliphatic rings. The second-order valence-electron chi connectivity index (χ2n) is 7.50. The third-order valence-electron chi connectivity index (χ3n) is 5.41. The topological polar surface area (TPSA) is 109 Å². The van der Waals surface area contributed by atoms with Crippen molar-refractivity contribution in [3.63, 3.8) is 0 Å². The van der Waals surface area contributed by atoms with Crippen molar-refractivity contribution >= 4 is 49.2 Å². The van der Waals surface area contributed by atoms with Crippen molar-refractivity contribution in [2.45, 2.75) is 13.0 Å². The Morgan fingerprint density at radius 1 is 1.16 bits per heavy atom. The van der Waals surface area contributed by atoms with Crippen molar-refractivity contribution in [1.29, 1.82) is 0 Å². The molecule has 0 atom stereocenters. The Morgan fingerprint density at radius 2 is 1.97 bits per heavy atom. The van der Waals surface area contributed by atoms with Gasteiger partial charge in [-0.25, -0.2) is 9.78 Å². The predicted octanol–water partition coefficient (Wildman–Crippen LogP) is 2.16. The number of ether oxygens (including phenoxy) is 1. The van der Waals surface area contributed by atoms with Gasteiger partial charge in [-0.2, -0.15) is 0 Å². The summed E-state index contributed by atoms with van der Waals surface area (Å²) >= 11 is 1.59. The molecule has 1 saturated heterocycles. The normalized spacial score (nSPS) is 14.2. The zero-order valence-electron chi connectivity index (χ0n) is 17.2. The van der Waals surface area contributed by atoms with Crippen molar-refractivity contribution < 1.29 is 9.53 Å². The number of carbonyl (C=O) groups is 1. The molecule has 0 unspecified atom stereocenters. The largest absolute Gasteiger partial charge is 0.378 e. The van der Waals surface area contributed by atoms with Crippen LogP contribution in [-0.2, 0) is 16.1 Å².